The maximum Gasteiger partial charge on any atom is 0.263 e. The van der Waals surface area contributed by atoms with Gasteiger partial charge in [0.25, 0.3) is 10.0 Å². The lowest BCUT2D eigenvalue weighted by Crippen LogP contribution is -2.13. The lowest BCUT2D eigenvalue weighted by Gasteiger charge is -2.06. The van der Waals surface area contributed by atoms with Crippen molar-refractivity contribution < 1.29 is 8.42 Å². The lowest BCUT2D eigenvalue weighted by atomic mass is 10.3. The molecule has 1 aromatic carbocycles. The highest BCUT2D eigenvalue weighted by Gasteiger charge is 2.14. The molecule has 91 valence electrons. The van der Waals surface area contributed by atoms with Crippen molar-refractivity contribution >= 4 is 21.5 Å². The topological polar surface area (TPSA) is 93.7 Å². The smallest absolute Gasteiger partial charge is 0.263 e. The summed E-state index contributed by atoms with van der Waals surface area (Å²) in [6.45, 7) is 0. The Kier molecular flexibility index (Phi) is 3.33. The van der Waals surface area contributed by atoms with E-state index < -0.39 is 10.0 Å². The van der Waals surface area contributed by atoms with E-state index in [1.165, 1.54) is 30.5 Å². The maximum absolute atomic E-state index is 12.0. The summed E-state index contributed by atoms with van der Waals surface area (Å²) in [5, 5.41) is 2.95. The first kappa shape index (κ1) is 12.2. The summed E-state index contributed by atoms with van der Waals surface area (Å²) in [7, 11) is -3.67. The molecule has 0 aliphatic rings. The molecule has 0 amide bonds. The molecule has 2 aromatic rings. The SMILES string of the molecule is [N]=Nc1ccc(S(=O)(=O)Nc2ccccn2)cc1. The van der Waals surface area contributed by atoms with Crippen LogP contribution in [0.2, 0.25) is 0 Å². The van der Waals surface area contributed by atoms with Crippen LogP contribution in [0, 0.1) is 0 Å². The minimum absolute atomic E-state index is 0.0700. The monoisotopic (exact) mass is 261 g/mol. The molecule has 1 radical (unpaired) electrons. The second-order valence-corrected chi connectivity index (χ2v) is 5.10. The molecule has 0 unspecified atom stereocenters. The zero-order valence-corrected chi connectivity index (χ0v) is 10.0. The fourth-order valence-electron chi connectivity index (χ4n) is 1.31. The van der Waals surface area contributed by atoms with Gasteiger partial charge < -0.3 is 0 Å². The highest BCUT2D eigenvalue weighted by molar-refractivity contribution is 7.92. The van der Waals surface area contributed by atoms with Gasteiger partial charge in [0, 0.05) is 6.20 Å². The number of rotatable bonds is 4. The van der Waals surface area contributed by atoms with Crippen LogP contribution in [-0.2, 0) is 10.0 Å². The fourth-order valence-corrected chi connectivity index (χ4v) is 2.32. The molecule has 7 heteroatoms. The van der Waals surface area contributed by atoms with Gasteiger partial charge in [0.15, 0.2) is 0 Å². The molecule has 0 bridgehead atoms. The van der Waals surface area contributed by atoms with Crippen molar-refractivity contribution in [2.45, 2.75) is 4.90 Å². The maximum atomic E-state index is 12.0. The molecule has 1 N–H and O–H groups in total. The van der Waals surface area contributed by atoms with Gasteiger partial charge in [0.1, 0.15) is 5.82 Å². The van der Waals surface area contributed by atoms with Crippen molar-refractivity contribution in [2.24, 2.45) is 5.11 Å². The molecule has 0 saturated carbocycles. The Morgan fingerprint density at radius 3 is 2.39 bits per heavy atom. The van der Waals surface area contributed by atoms with Gasteiger partial charge in [-0.15, -0.1) is 5.11 Å². The summed E-state index contributed by atoms with van der Waals surface area (Å²) >= 11 is 0. The largest absolute Gasteiger partial charge is 0.263 e. The van der Waals surface area contributed by atoms with Crippen molar-refractivity contribution in [1.82, 2.24) is 10.5 Å². The molecule has 18 heavy (non-hydrogen) atoms. The van der Waals surface area contributed by atoms with Gasteiger partial charge >= 0.3 is 0 Å². The van der Waals surface area contributed by atoms with Crippen LogP contribution in [0.5, 0.6) is 0 Å². The van der Waals surface area contributed by atoms with E-state index >= 15 is 0 Å². The predicted molar refractivity (Wildman–Crippen MR) is 65.7 cm³/mol. The summed E-state index contributed by atoms with van der Waals surface area (Å²) < 4.78 is 26.3. The summed E-state index contributed by atoms with van der Waals surface area (Å²) in [5.41, 5.74) is 8.80. The zero-order chi connectivity index (χ0) is 13.0. The molecule has 0 aliphatic heterocycles. The van der Waals surface area contributed by atoms with Gasteiger partial charge in [-0.05, 0) is 41.9 Å². The Hall–Kier alpha value is -2.28. The van der Waals surface area contributed by atoms with Gasteiger partial charge in [0.2, 0.25) is 0 Å². The van der Waals surface area contributed by atoms with Crippen LogP contribution < -0.4 is 10.3 Å². The molecule has 6 nitrogen and oxygen atoms in total. The zero-order valence-electron chi connectivity index (χ0n) is 9.19. The van der Waals surface area contributed by atoms with Crippen LogP contribution in [0.3, 0.4) is 0 Å². The summed E-state index contributed by atoms with van der Waals surface area (Å²) in [5.74, 6) is 0.244. The number of hydrogen-bond acceptors (Lipinski definition) is 4. The number of hydrogen-bond donors (Lipinski definition) is 1. The minimum Gasteiger partial charge on any atom is -0.263 e. The Morgan fingerprint density at radius 2 is 1.83 bits per heavy atom. The standard InChI is InChI=1S/C11H9N4O2S/c12-14-9-4-6-10(7-5-9)18(16,17)15-11-3-1-2-8-13-11/h1-8H,(H,13,15). The van der Waals surface area contributed by atoms with E-state index in [0.717, 1.165) is 0 Å². The summed E-state index contributed by atoms with van der Waals surface area (Å²) in [6.07, 6.45) is 1.49. The number of pyridine rings is 1. The number of anilines is 1. The van der Waals surface area contributed by atoms with E-state index in [1.807, 2.05) is 0 Å². The van der Waals surface area contributed by atoms with Gasteiger partial charge in [-0.2, -0.15) is 0 Å². The summed E-state index contributed by atoms with van der Waals surface area (Å²) in [4.78, 5) is 3.94. The normalized spacial score (nSPS) is 10.9. The Bertz CT molecular complexity index is 639. The first-order chi connectivity index (χ1) is 8.62. The van der Waals surface area contributed by atoms with Gasteiger partial charge in [-0.3, -0.25) is 4.72 Å². The number of sulfonamides is 1. The average Bonchev–Trinajstić information content (AvgIpc) is 2.39. The van der Waals surface area contributed by atoms with Crippen LogP contribution in [0.4, 0.5) is 11.5 Å². The highest BCUT2D eigenvalue weighted by Crippen LogP contribution is 2.17. The third-order valence-corrected chi connectivity index (χ3v) is 3.54. The van der Waals surface area contributed by atoms with Gasteiger partial charge in [-0.25, -0.2) is 13.4 Å². The molecular formula is C11H9N4O2S. The number of nitrogens with zero attached hydrogens (tertiary/aromatic N) is 3. The van der Waals surface area contributed by atoms with Crippen LogP contribution in [0.25, 0.3) is 0 Å². The molecule has 0 spiro atoms. The van der Waals surface area contributed by atoms with Crippen LogP contribution >= 0.6 is 0 Å². The van der Waals surface area contributed by atoms with Crippen LogP contribution in [0.1, 0.15) is 0 Å². The predicted octanol–water partition coefficient (Wildman–Crippen LogP) is 1.77. The van der Waals surface area contributed by atoms with E-state index in [-0.39, 0.29) is 16.4 Å². The number of nitrogens with one attached hydrogen (secondary N) is 1. The average molecular weight is 261 g/mol. The second kappa shape index (κ2) is 4.92. The third kappa shape index (κ3) is 2.69. The van der Waals surface area contributed by atoms with E-state index in [0.29, 0.717) is 0 Å². The van der Waals surface area contributed by atoms with Crippen molar-refractivity contribution in [3.8, 4) is 0 Å². The first-order valence-corrected chi connectivity index (χ1v) is 6.49. The number of benzene rings is 1. The molecule has 0 fully saturated rings. The summed E-state index contributed by atoms with van der Waals surface area (Å²) in [6, 6.07) is 10.4. The molecule has 1 aromatic heterocycles. The fraction of sp³-hybridized carbons (Fsp3) is 0. The molecular weight excluding hydrogens is 252 g/mol. The first-order valence-electron chi connectivity index (χ1n) is 5.01. The Balaban J connectivity index is 2.28. The van der Waals surface area contributed by atoms with Gasteiger partial charge in [0.05, 0.1) is 10.6 Å². The van der Waals surface area contributed by atoms with Gasteiger partial charge in [-0.1, -0.05) is 6.07 Å². The molecule has 0 atom stereocenters. The Labute approximate surface area is 104 Å². The third-order valence-electron chi connectivity index (χ3n) is 2.17. The quantitative estimate of drug-likeness (QED) is 0.850. The highest BCUT2D eigenvalue weighted by atomic mass is 32.2. The van der Waals surface area contributed by atoms with Crippen molar-refractivity contribution in [1.29, 1.82) is 0 Å². The van der Waals surface area contributed by atoms with E-state index in [4.69, 9.17) is 5.53 Å². The van der Waals surface area contributed by atoms with Crippen LogP contribution in [-0.4, -0.2) is 13.4 Å². The lowest BCUT2D eigenvalue weighted by molar-refractivity contribution is 0.601. The number of aromatic nitrogens is 1. The van der Waals surface area contributed by atoms with E-state index in [9.17, 15) is 8.42 Å². The molecule has 0 aliphatic carbocycles. The van der Waals surface area contributed by atoms with Crippen molar-refractivity contribution in [3.63, 3.8) is 0 Å². The van der Waals surface area contributed by atoms with E-state index in [2.05, 4.69) is 14.8 Å². The second-order valence-electron chi connectivity index (χ2n) is 3.41. The minimum atomic E-state index is -3.67. The van der Waals surface area contributed by atoms with Crippen LogP contribution in [0.15, 0.2) is 58.7 Å². The van der Waals surface area contributed by atoms with Crippen molar-refractivity contribution in [3.05, 3.63) is 48.7 Å². The van der Waals surface area contributed by atoms with E-state index in [1.54, 1.807) is 18.2 Å². The van der Waals surface area contributed by atoms with Crippen molar-refractivity contribution in [2.75, 3.05) is 4.72 Å². The Morgan fingerprint density at radius 1 is 1.11 bits per heavy atom. The molecule has 1 heterocycles. The molecule has 0 saturated heterocycles. The molecule has 2 rings (SSSR count).